The van der Waals surface area contributed by atoms with Gasteiger partial charge in [-0.1, -0.05) is 35.5 Å². The average Bonchev–Trinajstić information content (AvgIpc) is 3.57. The third-order valence-electron chi connectivity index (χ3n) is 5.70. The molecular weight excluding hydrogens is 519 g/mol. The van der Waals surface area contributed by atoms with E-state index in [1.807, 2.05) is 36.4 Å². The molecule has 8 nitrogen and oxygen atoms in total. The van der Waals surface area contributed by atoms with Crippen molar-refractivity contribution in [2.24, 2.45) is 5.73 Å². The second-order valence-electron chi connectivity index (χ2n) is 8.50. The minimum Gasteiger partial charge on any atom is -0.496 e. The number of ether oxygens (including phenoxy) is 2. The van der Waals surface area contributed by atoms with E-state index in [0.717, 1.165) is 34.8 Å². The number of aromatic nitrogens is 4. The van der Waals surface area contributed by atoms with Crippen LogP contribution in [0.2, 0.25) is 0 Å². The molecule has 2 aromatic carbocycles. The van der Waals surface area contributed by atoms with E-state index in [1.165, 1.54) is 5.56 Å². The Labute approximate surface area is 221 Å². The molecule has 4 rings (SSSR count). The highest BCUT2D eigenvalue weighted by molar-refractivity contribution is 7.13. The average molecular weight is 546 g/mol. The smallest absolute Gasteiger partial charge is 0.490 e. The van der Waals surface area contributed by atoms with Crippen LogP contribution in [0.1, 0.15) is 29.8 Å². The summed E-state index contributed by atoms with van der Waals surface area (Å²) in [6, 6.07) is 15.9. The Morgan fingerprint density at radius 3 is 2.63 bits per heavy atom. The Kier molecular flexibility index (Phi) is 8.74. The number of thiazole rings is 1. The third kappa shape index (κ3) is 7.17. The molecule has 0 saturated heterocycles. The van der Waals surface area contributed by atoms with Gasteiger partial charge in [-0.25, -0.2) is 14.5 Å². The van der Waals surface area contributed by atoms with Crippen LogP contribution in [-0.4, -0.2) is 45.5 Å². The number of nitrogens with zero attached hydrogens (tertiary/aromatic N) is 4. The second kappa shape index (κ2) is 12.2. The first-order valence-corrected chi connectivity index (χ1v) is 12.7. The predicted molar refractivity (Wildman–Crippen MR) is 136 cm³/mol. The van der Waals surface area contributed by atoms with Gasteiger partial charge in [0.05, 0.1) is 35.9 Å². The maximum atomic E-state index is 12.3. The molecule has 0 aliphatic rings. The van der Waals surface area contributed by atoms with E-state index in [-0.39, 0.29) is 6.42 Å². The molecule has 4 aromatic rings. The van der Waals surface area contributed by atoms with Gasteiger partial charge >= 0.3 is 12.1 Å². The Bertz CT molecular complexity index is 1360. The molecule has 200 valence electrons. The number of hydrogen-bond donors (Lipinski definition) is 1. The number of halogens is 3. The van der Waals surface area contributed by atoms with Crippen LogP contribution < -0.4 is 10.5 Å². The van der Waals surface area contributed by atoms with Crippen LogP contribution in [0, 0.1) is 0 Å². The third-order valence-corrected chi connectivity index (χ3v) is 6.62. The molecule has 0 fully saturated rings. The zero-order valence-corrected chi connectivity index (χ0v) is 21.3. The Morgan fingerprint density at radius 2 is 1.89 bits per heavy atom. The quantitative estimate of drug-likeness (QED) is 0.211. The van der Waals surface area contributed by atoms with E-state index < -0.39 is 18.4 Å². The molecule has 0 bridgehead atoms. The number of benzene rings is 2. The van der Waals surface area contributed by atoms with E-state index in [2.05, 4.69) is 32.6 Å². The predicted octanol–water partition coefficient (Wildman–Crippen LogP) is 4.90. The fourth-order valence-corrected chi connectivity index (χ4v) is 4.63. The summed E-state index contributed by atoms with van der Waals surface area (Å²) in [5, 5.41) is 11.2. The Hall–Kier alpha value is -3.77. The van der Waals surface area contributed by atoms with Crippen molar-refractivity contribution in [1.29, 1.82) is 0 Å². The van der Waals surface area contributed by atoms with E-state index >= 15 is 0 Å². The van der Waals surface area contributed by atoms with E-state index in [4.69, 9.17) is 15.5 Å². The van der Waals surface area contributed by atoms with Crippen LogP contribution in [0.3, 0.4) is 0 Å². The van der Waals surface area contributed by atoms with Crippen molar-refractivity contribution in [3.63, 3.8) is 0 Å². The molecule has 0 aliphatic heterocycles. The lowest BCUT2D eigenvalue weighted by Gasteiger charge is -2.13. The van der Waals surface area contributed by atoms with Gasteiger partial charge in [-0.15, -0.1) is 16.4 Å². The molecule has 1 unspecified atom stereocenters. The lowest BCUT2D eigenvalue weighted by Crippen LogP contribution is -2.34. The normalized spacial score (nSPS) is 12.3. The molecule has 2 aromatic heterocycles. The first kappa shape index (κ1) is 27.3. The summed E-state index contributed by atoms with van der Waals surface area (Å²) >= 11 is 1.56. The highest BCUT2D eigenvalue weighted by Crippen LogP contribution is 2.34. The van der Waals surface area contributed by atoms with Gasteiger partial charge in [0.1, 0.15) is 10.8 Å². The first-order valence-electron chi connectivity index (χ1n) is 11.8. The number of esters is 1. The summed E-state index contributed by atoms with van der Waals surface area (Å²) in [5.41, 5.74) is 9.97. The minimum atomic E-state index is -5.07. The number of rotatable bonds is 11. The lowest BCUT2D eigenvalue weighted by molar-refractivity contribution is -0.204. The molecule has 0 amide bonds. The van der Waals surface area contributed by atoms with Gasteiger partial charge < -0.3 is 9.47 Å². The van der Waals surface area contributed by atoms with Crippen molar-refractivity contribution in [3.8, 4) is 22.0 Å². The number of nitrogens with two attached hydrogens (primary N) is 1. The summed E-state index contributed by atoms with van der Waals surface area (Å²) in [4.78, 5) is 15.6. The number of carbonyl (C=O) groups is 1. The summed E-state index contributed by atoms with van der Waals surface area (Å²) < 4.78 is 48.2. The van der Waals surface area contributed by atoms with E-state index in [1.54, 1.807) is 29.3 Å². The van der Waals surface area contributed by atoms with Crippen LogP contribution in [0.25, 0.3) is 16.3 Å². The highest BCUT2D eigenvalue weighted by Gasteiger charge is 2.41. The van der Waals surface area contributed by atoms with Crippen molar-refractivity contribution in [2.75, 3.05) is 7.11 Å². The molecule has 0 spiro atoms. The second-order valence-corrected chi connectivity index (χ2v) is 9.36. The van der Waals surface area contributed by atoms with Gasteiger partial charge in [-0.2, -0.15) is 13.2 Å². The molecule has 2 heterocycles. The summed E-state index contributed by atoms with van der Waals surface area (Å²) in [6.07, 6.45) is -2.12. The Balaban J connectivity index is 1.36. The number of aryl methyl sites for hydroxylation is 3. The molecule has 0 aliphatic carbocycles. The highest BCUT2D eigenvalue weighted by atomic mass is 32.1. The van der Waals surface area contributed by atoms with Crippen molar-refractivity contribution >= 4 is 17.3 Å². The van der Waals surface area contributed by atoms with Crippen LogP contribution in [0.5, 0.6) is 5.75 Å². The van der Waals surface area contributed by atoms with Crippen LogP contribution in [0.15, 0.2) is 60.1 Å². The summed E-state index contributed by atoms with van der Waals surface area (Å²) in [6.45, 7) is 0. The van der Waals surface area contributed by atoms with Crippen LogP contribution >= 0.6 is 11.3 Å². The molecule has 2 N–H and O–H groups in total. The van der Waals surface area contributed by atoms with Crippen molar-refractivity contribution in [1.82, 2.24) is 20.0 Å². The maximum Gasteiger partial charge on any atom is 0.490 e. The number of methoxy groups -OCH3 is 1. The van der Waals surface area contributed by atoms with Gasteiger partial charge in [-0.05, 0) is 49.8 Å². The van der Waals surface area contributed by atoms with E-state index in [9.17, 15) is 18.0 Å². The molecule has 0 radical (unpaired) electrons. The van der Waals surface area contributed by atoms with Gasteiger partial charge in [0.15, 0.2) is 6.23 Å². The van der Waals surface area contributed by atoms with Crippen LogP contribution in [0.4, 0.5) is 13.2 Å². The zero-order chi connectivity index (χ0) is 27.1. The first-order chi connectivity index (χ1) is 18.2. The summed E-state index contributed by atoms with van der Waals surface area (Å²) in [7, 11) is 1.59. The SMILES string of the molecule is COc1cc(-n2cc(CCCC(N)OC(=O)C(F)(F)F)nn2)ccc1-c1nc(CCc2ccccc2)cs1. The van der Waals surface area contributed by atoms with Gasteiger partial charge in [0.2, 0.25) is 0 Å². The van der Waals surface area contributed by atoms with Gasteiger partial charge in [0.25, 0.3) is 0 Å². The molecular formula is C26H26F3N5O3S. The van der Waals surface area contributed by atoms with Gasteiger partial charge in [-0.3, -0.25) is 5.73 Å². The van der Waals surface area contributed by atoms with Gasteiger partial charge in [0, 0.05) is 11.4 Å². The Morgan fingerprint density at radius 1 is 1.11 bits per heavy atom. The number of carbonyl (C=O) groups excluding carboxylic acids is 1. The van der Waals surface area contributed by atoms with Crippen molar-refractivity contribution in [3.05, 3.63) is 77.1 Å². The molecule has 0 saturated carbocycles. The summed E-state index contributed by atoms with van der Waals surface area (Å²) in [5.74, 6) is -1.66. The zero-order valence-electron chi connectivity index (χ0n) is 20.5. The fraction of sp³-hybridized carbons (Fsp3) is 0.308. The minimum absolute atomic E-state index is 0.0539. The molecule has 1 atom stereocenters. The largest absolute Gasteiger partial charge is 0.496 e. The monoisotopic (exact) mass is 545 g/mol. The molecule has 12 heteroatoms. The standard InChI is InChI=1S/C26H26F3N5O3S/c1-36-22-14-20(34-15-18(32-33-34)8-5-9-23(30)37-25(35)26(27,28)29)12-13-21(22)24-31-19(16-38-24)11-10-17-6-3-2-4-7-17/h2-4,6-7,12-16,23H,5,8-11,30H2,1H3. The molecule has 38 heavy (non-hydrogen) atoms. The fourth-order valence-electron chi connectivity index (χ4n) is 3.75. The van der Waals surface area contributed by atoms with Crippen molar-refractivity contribution in [2.45, 2.75) is 44.5 Å². The maximum absolute atomic E-state index is 12.3. The van der Waals surface area contributed by atoms with Crippen LogP contribution in [-0.2, 0) is 28.8 Å². The number of alkyl halides is 3. The van der Waals surface area contributed by atoms with Crippen molar-refractivity contribution < 1.29 is 27.4 Å². The topological polar surface area (TPSA) is 105 Å². The number of hydrogen-bond acceptors (Lipinski definition) is 8. The lowest BCUT2D eigenvalue weighted by atomic mass is 10.1. The van der Waals surface area contributed by atoms with E-state index in [0.29, 0.717) is 24.3 Å².